The summed E-state index contributed by atoms with van der Waals surface area (Å²) in [5.74, 6) is -1.26. The fourth-order valence-electron chi connectivity index (χ4n) is 4.60. The van der Waals surface area contributed by atoms with Crippen LogP contribution in [0, 0.1) is 0 Å². The van der Waals surface area contributed by atoms with Crippen molar-refractivity contribution in [3.8, 4) is 22.9 Å². The van der Waals surface area contributed by atoms with E-state index in [1.54, 1.807) is 41.1 Å². The number of amides is 1. The van der Waals surface area contributed by atoms with Gasteiger partial charge in [-0.15, -0.1) is 0 Å². The molecule has 1 amide bonds. The summed E-state index contributed by atoms with van der Waals surface area (Å²) in [7, 11) is 0. The largest absolute Gasteiger partial charge is 1.00 e. The SMILES string of the molecule is O=C(NCCc1cccn1-c1ccc(C(F)(F)F)cc1)c1ccc(Oc2cc3c(cc2Cl)C(C(=O)[O-])CCO3)cc1.[Na+]. The van der Waals surface area contributed by atoms with Crippen molar-refractivity contribution in [2.75, 3.05) is 13.2 Å². The first-order valence-electron chi connectivity index (χ1n) is 12.7. The van der Waals surface area contributed by atoms with Crippen LogP contribution in [-0.2, 0) is 17.4 Å². The number of carbonyl (C=O) groups is 2. The first-order valence-corrected chi connectivity index (χ1v) is 13.0. The first-order chi connectivity index (χ1) is 19.6. The summed E-state index contributed by atoms with van der Waals surface area (Å²) < 4.78 is 51.8. The number of fused-ring (bicyclic) bond motifs is 1. The number of carboxylic acids is 1. The minimum atomic E-state index is -4.40. The molecule has 12 heteroatoms. The van der Waals surface area contributed by atoms with E-state index < -0.39 is 23.6 Å². The van der Waals surface area contributed by atoms with Gasteiger partial charge in [-0.05, 0) is 73.2 Å². The molecule has 212 valence electrons. The van der Waals surface area contributed by atoms with E-state index in [2.05, 4.69) is 5.32 Å². The number of hydrogen-bond acceptors (Lipinski definition) is 5. The molecule has 1 aliphatic rings. The number of nitrogens with zero attached hydrogens (tertiary/aromatic N) is 1. The van der Waals surface area contributed by atoms with Gasteiger partial charge in [-0.25, -0.2) is 0 Å². The molecule has 3 aromatic carbocycles. The van der Waals surface area contributed by atoms with Crippen molar-refractivity contribution in [3.05, 3.63) is 106 Å². The van der Waals surface area contributed by atoms with E-state index in [9.17, 15) is 27.9 Å². The van der Waals surface area contributed by atoms with E-state index in [-0.39, 0.29) is 52.8 Å². The summed E-state index contributed by atoms with van der Waals surface area (Å²) >= 11 is 6.33. The number of aromatic nitrogens is 1. The van der Waals surface area contributed by atoms with E-state index in [1.165, 1.54) is 24.3 Å². The molecule has 1 atom stereocenters. The van der Waals surface area contributed by atoms with Gasteiger partial charge in [0.05, 0.1) is 17.2 Å². The molecule has 0 saturated carbocycles. The molecule has 1 aromatic heterocycles. The van der Waals surface area contributed by atoms with Crippen LogP contribution in [0.2, 0.25) is 5.02 Å². The van der Waals surface area contributed by atoms with Crippen LogP contribution in [0.25, 0.3) is 5.69 Å². The Morgan fingerprint density at radius 2 is 1.79 bits per heavy atom. The smallest absolute Gasteiger partial charge is 0.549 e. The summed E-state index contributed by atoms with van der Waals surface area (Å²) in [6.07, 6.45) is -1.90. The summed E-state index contributed by atoms with van der Waals surface area (Å²) in [6.45, 7) is 0.538. The summed E-state index contributed by atoms with van der Waals surface area (Å²) in [5, 5.41) is 14.5. The number of alkyl halides is 3. The molecule has 42 heavy (non-hydrogen) atoms. The molecule has 1 aliphatic heterocycles. The van der Waals surface area contributed by atoms with E-state index in [1.807, 2.05) is 6.07 Å². The maximum Gasteiger partial charge on any atom is 1.00 e. The Balaban J connectivity index is 0.00000405. The van der Waals surface area contributed by atoms with Crippen molar-refractivity contribution >= 4 is 23.5 Å². The number of halogens is 4. The minimum Gasteiger partial charge on any atom is -0.549 e. The summed E-state index contributed by atoms with van der Waals surface area (Å²) in [6, 6.07) is 17.9. The van der Waals surface area contributed by atoms with E-state index >= 15 is 0 Å². The van der Waals surface area contributed by atoms with Gasteiger partial charge in [0.25, 0.3) is 5.91 Å². The molecule has 5 rings (SSSR count). The van der Waals surface area contributed by atoms with Gasteiger partial charge in [0, 0.05) is 59.6 Å². The van der Waals surface area contributed by atoms with Gasteiger partial charge in [-0.1, -0.05) is 11.6 Å². The Labute approximate surface area is 266 Å². The predicted octanol–water partition coefficient (Wildman–Crippen LogP) is 2.53. The van der Waals surface area contributed by atoms with Crippen LogP contribution in [0.3, 0.4) is 0 Å². The Hall–Kier alpha value is -3.44. The molecule has 0 radical (unpaired) electrons. The van der Waals surface area contributed by atoms with Crippen LogP contribution in [0.1, 0.15) is 39.5 Å². The normalized spacial score (nSPS) is 14.2. The topological polar surface area (TPSA) is 92.6 Å². The second kappa shape index (κ2) is 13.2. The number of nitrogens with one attached hydrogen (secondary N) is 1. The molecule has 0 bridgehead atoms. The monoisotopic (exact) mass is 606 g/mol. The fourth-order valence-corrected chi connectivity index (χ4v) is 4.81. The Morgan fingerprint density at radius 3 is 2.45 bits per heavy atom. The van der Waals surface area contributed by atoms with Crippen LogP contribution >= 0.6 is 11.6 Å². The maximum absolute atomic E-state index is 12.9. The van der Waals surface area contributed by atoms with Crippen LogP contribution in [0.5, 0.6) is 17.2 Å². The second-order valence-electron chi connectivity index (χ2n) is 9.38. The number of carboxylic acid groups (broad SMARTS) is 1. The number of carbonyl (C=O) groups excluding carboxylic acids is 2. The standard InChI is InChI=1S/C30H24ClF3N2O5.Na/c31-25-16-24-23(29(38)39)12-15-40-26(24)17-27(25)41-22-9-3-18(4-10-22)28(37)35-13-11-20-2-1-14-36(20)21-7-5-19(6-8-21)30(32,33)34;/h1-10,14,16-17,23H,11-13,15H2,(H,35,37)(H,38,39);/q;+1/p-1. The van der Waals surface area contributed by atoms with Gasteiger partial charge in [-0.3, -0.25) is 4.79 Å². The average molecular weight is 607 g/mol. The molecule has 0 fully saturated rings. The molecular formula is C30H23ClF3N2NaO5. The summed E-state index contributed by atoms with van der Waals surface area (Å²) in [5.41, 5.74) is 1.53. The molecule has 7 nitrogen and oxygen atoms in total. The number of ether oxygens (including phenoxy) is 2. The van der Waals surface area contributed by atoms with Gasteiger partial charge in [0.2, 0.25) is 0 Å². The zero-order valence-corrected chi connectivity index (χ0v) is 25.2. The molecule has 1 N–H and O–H groups in total. The van der Waals surface area contributed by atoms with Crippen molar-refractivity contribution in [3.63, 3.8) is 0 Å². The molecule has 0 spiro atoms. The molecular weight excluding hydrogens is 584 g/mol. The van der Waals surface area contributed by atoms with E-state index in [0.717, 1.165) is 17.8 Å². The molecule has 1 unspecified atom stereocenters. The fraction of sp³-hybridized carbons (Fsp3) is 0.200. The van der Waals surface area contributed by atoms with Gasteiger partial charge in [0.1, 0.15) is 17.2 Å². The van der Waals surface area contributed by atoms with Crippen molar-refractivity contribution in [2.24, 2.45) is 0 Å². The molecule has 0 aliphatic carbocycles. The van der Waals surface area contributed by atoms with Crippen molar-refractivity contribution in [2.45, 2.75) is 24.9 Å². The number of hydrogen-bond donors (Lipinski definition) is 1. The molecule has 4 aromatic rings. The second-order valence-corrected chi connectivity index (χ2v) is 9.78. The van der Waals surface area contributed by atoms with Gasteiger partial charge in [-0.2, -0.15) is 13.2 Å². The first kappa shape index (κ1) is 31.5. The van der Waals surface area contributed by atoms with Gasteiger partial charge < -0.3 is 29.3 Å². The molecule has 0 saturated heterocycles. The van der Waals surface area contributed by atoms with Crippen molar-refractivity contribution in [1.82, 2.24) is 9.88 Å². The van der Waals surface area contributed by atoms with E-state index in [0.29, 0.717) is 47.7 Å². The average Bonchev–Trinajstić information content (AvgIpc) is 3.41. The molecule has 2 heterocycles. The number of rotatable bonds is 8. The minimum absolute atomic E-state index is 0. The maximum atomic E-state index is 12.9. The Kier molecular flexibility index (Phi) is 9.93. The van der Waals surface area contributed by atoms with Crippen LogP contribution in [0.15, 0.2) is 79.0 Å². The van der Waals surface area contributed by atoms with Crippen LogP contribution < -0.4 is 49.5 Å². The van der Waals surface area contributed by atoms with E-state index in [4.69, 9.17) is 21.1 Å². The summed E-state index contributed by atoms with van der Waals surface area (Å²) in [4.78, 5) is 24.1. The van der Waals surface area contributed by atoms with Gasteiger partial charge >= 0.3 is 35.7 Å². The van der Waals surface area contributed by atoms with Crippen LogP contribution in [0.4, 0.5) is 13.2 Å². The van der Waals surface area contributed by atoms with Gasteiger partial charge in [0.15, 0.2) is 0 Å². The Bertz CT molecular complexity index is 1570. The third kappa shape index (κ3) is 7.12. The zero-order chi connectivity index (χ0) is 29.1. The predicted molar refractivity (Wildman–Crippen MR) is 143 cm³/mol. The number of benzene rings is 3. The van der Waals surface area contributed by atoms with Crippen molar-refractivity contribution in [1.29, 1.82) is 0 Å². The third-order valence-electron chi connectivity index (χ3n) is 6.71. The third-order valence-corrected chi connectivity index (χ3v) is 7.00. The quantitative estimate of drug-likeness (QED) is 0.311. The van der Waals surface area contributed by atoms with Crippen molar-refractivity contribution < 1.29 is 66.9 Å². The van der Waals surface area contributed by atoms with Crippen LogP contribution in [-0.4, -0.2) is 29.6 Å². The Morgan fingerprint density at radius 1 is 1.07 bits per heavy atom. The number of aliphatic carboxylic acids is 1. The zero-order valence-electron chi connectivity index (χ0n) is 22.4.